The van der Waals surface area contributed by atoms with Crippen molar-refractivity contribution in [2.24, 2.45) is 0 Å². The van der Waals surface area contributed by atoms with E-state index in [9.17, 15) is 5.11 Å². The summed E-state index contributed by atoms with van der Waals surface area (Å²) >= 11 is 0. The van der Waals surface area contributed by atoms with Crippen molar-refractivity contribution in [2.45, 2.75) is 26.7 Å². The molecule has 1 aromatic heterocycles. The van der Waals surface area contributed by atoms with Gasteiger partial charge >= 0.3 is 0 Å². The number of rotatable bonds is 2. The summed E-state index contributed by atoms with van der Waals surface area (Å²) in [5, 5.41) is 9.27. The summed E-state index contributed by atoms with van der Waals surface area (Å²) in [5.74, 6) is 0.310. The van der Waals surface area contributed by atoms with Gasteiger partial charge in [0.05, 0.1) is 5.69 Å². The molecule has 0 unspecified atom stereocenters. The summed E-state index contributed by atoms with van der Waals surface area (Å²) in [4.78, 5) is 4.26. The Kier molecular flexibility index (Phi) is 2.47. The van der Waals surface area contributed by atoms with Gasteiger partial charge in [0.1, 0.15) is 5.75 Å². The van der Waals surface area contributed by atoms with E-state index in [2.05, 4.69) is 11.9 Å². The summed E-state index contributed by atoms with van der Waals surface area (Å²) < 4.78 is 0. The van der Waals surface area contributed by atoms with Gasteiger partial charge in [-0.05, 0) is 25.0 Å². The van der Waals surface area contributed by atoms with E-state index in [1.165, 1.54) is 0 Å². The largest absolute Gasteiger partial charge is 0.506 e. The van der Waals surface area contributed by atoms with Gasteiger partial charge in [0.2, 0.25) is 0 Å². The predicted molar refractivity (Wildman–Crippen MR) is 44.7 cm³/mol. The maximum atomic E-state index is 9.27. The fraction of sp³-hybridized carbons (Fsp3) is 0.444. The van der Waals surface area contributed by atoms with Gasteiger partial charge in [-0.3, -0.25) is 4.98 Å². The van der Waals surface area contributed by atoms with Crippen molar-refractivity contribution in [3.8, 4) is 5.75 Å². The predicted octanol–water partition coefficient (Wildman–Crippen LogP) is 1.91. The number of hydrogen-bond donors (Lipinski definition) is 1. The average molecular weight is 151 g/mol. The van der Waals surface area contributed by atoms with Gasteiger partial charge < -0.3 is 5.11 Å². The topological polar surface area (TPSA) is 33.1 Å². The first-order valence-corrected chi connectivity index (χ1v) is 3.95. The molecule has 0 fully saturated rings. The quantitative estimate of drug-likeness (QED) is 0.700. The van der Waals surface area contributed by atoms with Gasteiger partial charge in [-0.15, -0.1) is 0 Å². The minimum atomic E-state index is 0.310. The highest BCUT2D eigenvalue weighted by molar-refractivity contribution is 5.27. The molecule has 2 heteroatoms. The minimum Gasteiger partial charge on any atom is -0.506 e. The molecular formula is C9H13NO. The van der Waals surface area contributed by atoms with E-state index in [1.54, 1.807) is 6.07 Å². The molecule has 1 rings (SSSR count). The summed E-state index contributed by atoms with van der Waals surface area (Å²) in [6, 6.07) is 3.57. The molecule has 0 bridgehead atoms. The van der Waals surface area contributed by atoms with Crippen molar-refractivity contribution in [1.29, 1.82) is 0 Å². The molecule has 1 N–H and O–H groups in total. The number of aryl methyl sites for hydroxylation is 2. The van der Waals surface area contributed by atoms with Crippen LogP contribution in [0.2, 0.25) is 0 Å². The molecule has 1 aromatic rings. The fourth-order valence-corrected chi connectivity index (χ4v) is 0.996. The lowest BCUT2D eigenvalue weighted by atomic mass is 10.2. The number of aromatic hydroxyl groups is 1. The minimum absolute atomic E-state index is 0.310. The summed E-state index contributed by atoms with van der Waals surface area (Å²) in [5.41, 5.74) is 1.84. The van der Waals surface area contributed by atoms with E-state index in [1.807, 2.05) is 13.0 Å². The molecule has 11 heavy (non-hydrogen) atoms. The highest BCUT2D eigenvalue weighted by atomic mass is 16.3. The van der Waals surface area contributed by atoms with E-state index in [0.29, 0.717) is 5.75 Å². The van der Waals surface area contributed by atoms with Crippen LogP contribution in [-0.4, -0.2) is 10.1 Å². The molecule has 0 spiro atoms. The second kappa shape index (κ2) is 3.37. The third kappa shape index (κ3) is 1.70. The molecule has 0 aliphatic heterocycles. The molecular weight excluding hydrogens is 138 g/mol. The van der Waals surface area contributed by atoms with Crippen LogP contribution in [0, 0.1) is 0 Å². The van der Waals surface area contributed by atoms with Gasteiger partial charge in [0.15, 0.2) is 0 Å². The van der Waals surface area contributed by atoms with E-state index in [4.69, 9.17) is 0 Å². The molecule has 60 valence electrons. The molecule has 0 aliphatic carbocycles. The standard InChI is InChI=1S/C9H13NO/c1-3-7-5-6-9(11)8(4-2)10-7/h5-6,11H,3-4H2,1-2H3. The second-order valence-corrected chi connectivity index (χ2v) is 2.48. The van der Waals surface area contributed by atoms with Crippen LogP contribution in [-0.2, 0) is 12.8 Å². The summed E-state index contributed by atoms with van der Waals surface area (Å²) in [6.07, 6.45) is 1.72. The fourth-order valence-electron chi connectivity index (χ4n) is 0.996. The van der Waals surface area contributed by atoms with Crippen LogP contribution in [0.3, 0.4) is 0 Å². The monoisotopic (exact) mass is 151 g/mol. The Hall–Kier alpha value is -1.05. The summed E-state index contributed by atoms with van der Waals surface area (Å²) in [7, 11) is 0. The lowest BCUT2D eigenvalue weighted by Crippen LogP contribution is -1.92. The van der Waals surface area contributed by atoms with Crippen LogP contribution >= 0.6 is 0 Å². The lowest BCUT2D eigenvalue weighted by molar-refractivity contribution is 0.464. The number of nitrogens with zero attached hydrogens (tertiary/aromatic N) is 1. The van der Waals surface area contributed by atoms with Crippen molar-refractivity contribution >= 4 is 0 Å². The van der Waals surface area contributed by atoms with E-state index >= 15 is 0 Å². The Labute approximate surface area is 66.9 Å². The van der Waals surface area contributed by atoms with Crippen LogP contribution in [0.4, 0.5) is 0 Å². The third-order valence-corrected chi connectivity index (χ3v) is 1.70. The smallest absolute Gasteiger partial charge is 0.137 e. The highest BCUT2D eigenvalue weighted by Crippen LogP contribution is 2.15. The molecule has 0 saturated carbocycles. The third-order valence-electron chi connectivity index (χ3n) is 1.70. The number of aromatic nitrogens is 1. The Morgan fingerprint density at radius 3 is 2.55 bits per heavy atom. The van der Waals surface area contributed by atoms with Gasteiger partial charge in [-0.1, -0.05) is 13.8 Å². The Morgan fingerprint density at radius 2 is 2.00 bits per heavy atom. The van der Waals surface area contributed by atoms with Crippen LogP contribution in [0.5, 0.6) is 5.75 Å². The lowest BCUT2D eigenvalue weighted by Gasteiger charge is -2.01. The SMILES string of the molecule is CCc1ccc(O)c(CC)n1. The van der Waals surface area contributed by atoms with Crippen molar-refractivity contribution in [3.05, 3.63) is 23.5 Å². The Bertz CT molecular complexity index is 245. The van der Waals surface area contributed by atoms with Crippen LogP contribution in [0.1, 0.15) is 25.2 Å². The molecule has 0 radical (unpaired) electrons. The molecule has 1 heterocycles. The molecule has 0 aromatic carbocycles. The van der Waals surface area contributed by atoms with Crippen molar-refractivity contribution in [1.82, 2.24) is 4.98 Å². The first-order chi connectivity index (χ1) is 5.27. The van der Waals surface area contributed by atoms with E-state index in [0.717, 1.165) is 24.2 Å². The normalized spacial score (nSPS) is 10.0. The van der Waals surface area contributed by atoms with Crippen molar-refractivity contribution in [3.63, 3.8) is 0 Å². The van der Waals surface area contributed by atoms with E-state index in [-0.39, 0.29) is 0 Å². The highest BCUT2D eigenvalue weighted by Gasteiger charge is 1.99. The first kappa shape index (κ1) is 8.05. The maximum Gasteiger partial charge on any atom is 0.137 e. The Balaban J connectivity index is 3.02. The van der Waals surface area contributed by atoms with Crippen LogP contribution in [0.15, 0.2) is 12.1 Å². The average Bonchev–Trinajstić information content (AvgIpc) is 2.05. The maximum absolute atomic E-state index is 9.27. The van der Waals surface area contributed by atoms with Gasteiger partial charge in [-0.2, -0.15) is 0 Å². The zero-order chi connectivity index (χ0) is 8.27. The molecule has 0 amide bonds. The molecule has 0 saturated heterocycles. The summed E-state index contributed by atoms with van der Waals surface area (Å²) in [6.45, 7) is 4.04. The molecule has 0 atom stereocenters. The zero-order valence-electron chi connectivity index (χ0n) is 6.96. The van der Waals surface area contributed by atoms with Crippen LogP contribution < -0.4 is 0 Å². The second-order valence-electron chi connectivity index (χ2n) is 2.48. The van der Waals surface area contributed by atoms with Crippen molar-refractivity contribution < 1.29 is 5.11 Å². The van der Waals surface area contributed by atoms with Gasteiger partial charge in [0, 0.05) is 5.69 Å². The number of pyridine rings is 1. The molecule has 0 aliphatic rings. The van der Waals surface area contributed by atoms with Gasteiger partial charge in [-0.25, -0.2) is 0 Å². The Morgan fingerprint density at radius 1 is 1.27 bits per heavy atom. The zero-order valence-corrected chi connectivity index (χ0v) is 6.96. The number of hydrogen-bond acceptors (Lipinski definition) is 2. The first-order valence-electron chi connectivity index (χ1n) is 3.95. The van der Waals surface area contributed by atoms with Crippen LogP contribution in [0.25, 0.3) is 0 Å². The van der Waals surface area contributed by atoms with Crippen molar-refractivity contribution in [2.75, 3.05) is 0 Å². The van der Waals surface area contributed by atoms with E-state index < -0.39 is 0 Å². The van der Waals surface area contributed by atoms with Gasteiger partial charge in [0.25, 0.3) is 0 Å². The molecule has 2 nitrogen and oxygen atoms in total.